The number of para-hydroxylation sites is 1. The molecule has 11 nitrogen and oxygen atoms in total. The number of carbonyl (C=O) groups is 3. The number of rotatable bonds is 15. The average molecular weight is 728 g/mol. The van der Waals surface area contributed by atoms with Gasteiger partial charge in [0.15, 0.2) is 0 Å². The smallest absolute Gasteiger partial charge is 0.336 e. The van der Waals surface area contributed by atoms with Crippen molar-refractivity contribution in [3.05, 3.63) is 135 Å². The molecule has 0 atom stereocenters. The first-order valence-corrected chi connectivity index (χ1v) is 15.8. The van der Waals surface area contributed by atoms with Gasteiger partial charge < -0.3 is 29.7 Å². The number of halogens is 2. The molecule has 0 saturated heterocycles. The lowest BCUT2D eigenvalue weighted by molar-refractivity contribution is 0.0682. The molecule has 51 heavy (non-hydrogen) atoms. The van der Waals surface area contributed by atoms with Crippen LogP contribution in [0, 0.1) is 12.5 Å². The fourth-order valence-electron chi connectivity index (χ4n) is 4.79. The van der Waals surface area contributed by atoms with E-state index in [1.807, 2.05) is 36.4 Å². The summed E-state index contributed by atoms with van der Waals surface area (Å²) in [7, 11) is 0. The van der Waals surface area contributed by atoms with Gasteiger partial charge in [0.2, 0.25) is 0 Å². The zero-order chi connectivity index (χ0) is 36.3. The van der Waals surface area contributed by atoms with Gasteiger partial charge in [-0.1, -0.05) is 66.0 Å². The molecule has 5 aromatic rings. The summed E-state index contributed by atoms with van der Waals surface area (Å²) in [6.45, 7) is 0.425. The van der Waals surface area contributed by atoms with E-state index >= 15 is 0 Å². The highest BCUT2D eigenvalue weighted by Crippen LogP contribution is 2.33. The second-order valence-corrected chi connectivity index (χ2v) is 11.4. The van der Waals surface area contributed by atoms with Crippen LogP contribution in [0.15, 0.2) is 103 Å². The van der Waals surface area contributed by atoms with E-state index in [1.54, 1.807) is 48.5 Å². The Hall–Kier alpha value is -6.19. The fraction of sp³-hybridized carbons (Fsp3) is 0.0789. The monoisotopic (exact) mass is 726 g/mol. The average Bonchev–Trinajstić information content (AvgIpc) is 3.12. The highest BCUT2D eigenvalue weighted by atomic mass is 35.5. The lowest BCUT2D eigenvalue weighted by atomic mass is 10.0. The summed E-state index contributed by atoms with van der Waals surface area (Å²) < 4.78 is 16.1. The molecule has 0 aliphatic rings. The third-order valence-corrected chi connectivity index (χ3v) is 7.87. The lowest BCUT2D eigenvalue weighted by Crippen LogP contribution is -2.16. The summed E-state index contributed by atoms with van der Waals surface area (Å²) in [5.41, 5.74) is 4.82. The summed E-state index contributed by atoms with van der Waals surface area (Å²) >= 11 is 13.0. The van der Waals surface area contributed by atoms with Crippen molar-refractivity contribution in [1.82, 2.24) is 0 Å². The number of hydrogen-bond acceptors (Lipinski definition) is 8. The van der Waals surface area contributed by atoms with Crippen LogP contribution >= 0.6 is 23.2 Å². The molecule has 0 aliphatic heterocycles. The Balaban J connectivity index is 1.18. The second-order valence-electron chi connectivity index (χ2n) is 10.6. The van der Waals surface area contributed by atoms with Crippen LogP contribution in [-0.2, 0) is 11.4 Å². The molecule has 258 valence electrons. The number of aromatic carboxylic acids is 2. The van der Waals surface area contributed by atoms with Gasteiger partial charge in [-0.25, -0.2) is 9.59 Å². The summed E-state index contributed by atoms with van der Waals surface area (Å²) in [4.78, 5) is 42.2. The first-order chi connectivity index (χ1) is 24.6. The van der Waals surface area contributed by atoms with Crippen LogP contribution in [0.25, 0.3) is 11.1 Å². The molecule has 0 bridgehead atoms. The zero-order valence-corrected chi connectivity index (χ0v) is 28.0. The fourth-order valence-corrected chi connectivity index (χ4v) is 5.24. The number of carboxylic acids is 2. The van der Waals surface area contributed by atoms with Crippen LogP contribution in [0.1, 0.15) is 36.6 Å². The third-order valence-electron chi connectivity index (χ3n) is 7.25. The van der Waals surface area contributed by atoms with Gasteiger partial charge in [-0.05, 0) is 83.4 Å². The molecule has 0 saturated carbocycles. The minimum Gasteiger partial charge on any atom is -0.490 e. The molecule has 0 aliphatic carbocycles. The van der Waals surface area contributed by atoms with Crippen LogP contribution < -0.4 is 25.0 Å². The first-order valence-electron chi connectivity index (χ1n) is 15.1. The van der Waals surface area contributed by atoms with E-state index in [0.717, 1.165) is 6.07 Å². The molecule has 5 aromatic carbocycles. The van der Waals surface area contributed by atoms with E-state index in [9.17, 15) is 24.6 Å². The maximum absolute atomic E-state index is 12.9. The molecular formula is C38H28Cl2N2O9. The summed E-state index contributed by atoms with van der Waals surface area (Å²) in [6, 6.07) is 27.8. The molecule has 13 heteroatoms. The zero-order valence-electron chi connectivity index (χ0n) is 26.5. The summed E-state index contributed by atoms with van der Waals surface area (Å²) in [5, 5.41) is 22.4. The van der Waals surface area contributed by atoms with Gasteiger partial charge in [-0.3, -0.25) is 15.1 Å². The molecule has 0 unspecified atom stereocenters. The second kappa shape index (κ2) is 17.0. The van der Waals surface area contributed by atoms with E-state index < -0.39 is 17.8 Å². The van der Waals surface area contributed by atoms with Gasteiger partial charge in [-0.2, -0.15) is 0 Å². The van der Waals surface area contributed by atoms with Crippen molar-refractivity contribution in [2.24, 2.45) is 0 Å². The van der Waals surface area contributed by atoms with Crippen molar-refractivity contribution in [2.45, 2.75) is 6.61 Å². The van der Waals surface area contributed by atoms with Crippen molar-refractivity contribution in [3.63, 3.8) is 0 Å². The predicted octanol–water partition coefficient (Wildman–Crippen LogP) is 8.28. The maximum atomic E-state index is 12.9. The molecule has 1 amide bonds. The van der Waals surface area contributed by atoms with E-state index in [-0.39, 0.29) is 53.0 Å². The number of hydrogen-bond donors (Lipinski definition) is 4. The number of benzene rings is 5. The molecule has 5 rings (SSSR count). The Morgan fingerprint density at radius 2 is 1.27 bits per heavy atom. The molecule has 0 fully saturated rings. The molecule has 0 heterocycles. The number of carbonyl (C=O) groups excluding carboxylic acids is 1. The Bertz CT molecular complexity index is 2120. The van der Waals surface area contributed by atoms with E-state index in [1.165, 1.54) is 18.2 Å². The highest BCUT2D eigenvalue weighted by molar-refractivity contribution is 6.34. The highest BCUT2D eigenvalue weighted by Gasteiger charge is 2.19. The largest absolute Gasteiger partial charge is 0.490 e. The van der Waals surface area contributed by atoms with Crippen LogP contribution in [0.3, 0.4) is 0 Å². The van der Waals surface area contributed by atoms with Crippen molar-refractivity contribution in [1.29, 1.82) is 0 Å². The lowest BCUT2D eigenvalue weighted by Gasteiger charge is -2.14. The van der Waals surface area contributed by atoms with Gasteiger partial charge in [0, 0.05) is 0 Å². The SMILES string of the molecule is C#COc1ccc(C(=O)Nc2ccc(-c3ccc(NOCc4ccc(OCCOc5ccccc5)cc4C(=O)O)c(Cl)c3)cc2Cl)c(C(=O)O)c1. The van der Waals surface area contributed by atoms with Crippen molar-refractivity contribution < 1.29 is 43.6 Å². The van der Waals surface area contributed by atoms with Crippen LogP contribution in [0.5, 0.6) is 17.2 Å². The van der Waals surface area contributed by atoms with E-state index in [2.05, 4.69) is 10.8 Å². The molecule has 0 aromatic heterocycles. The quantitative estimate of drug-likeness (QED) is 0.0471. The van der Waals surface area contributed by atoms with Gasteiger partial charge in [0.05, 0.1) is 38.1 Å². The Morgan fingerprint density at radius 3 is 1.90 bits per heavy atom. The number of nitrogens with one attached hydrogen (secondary N) is 2. The minimum atomic E-state index is -1.34. The number of carboxylic acid groups (broad SMARTS) is 2. The van der Waals surface area contributed by atoms with E-state index in [4.69, 9.17) is 48.7 Å². The minimum absolute atomic E-state index is 0.0196. The van der Waals surface area contributed by atoms with Crippen molar-refractivity contribution >= 4 is 52.4 Å². The number of ether oxygens (including phenoxy) is 3. The molecule has 4 N–H and O–H groups in total. The third kappa shape index (κ3) is 9.49. The van der Waals surface area contributed by atoms with Crippen molar-refractivity contribution in [2.75, 3.05) is 24.0 Å². The van der Waals surface area contributed by atoms with Crippen LogP contribution in [-0.4, -0.2) is 41.3 Å². The molecule has 0 radical (unpaired) electrons. The summed E-state index contributed by atoms with van der Waals surface area (Å²) in [5.74, 6) is -1.98. The Morgan fingerprint density at radius 1 is 0.667 bits per heavy atom. The standard InChI is InChI=1S/C38H28Cl2N2O9/c1-2-48-27-12-13-29(31(21-27)38(46)47)36(43)41-34-14-9-23(18-32(34)39)24-10-15-35(33(40)19-24)42-51-22-25-8-11-28(20-30(25)37(44)45)50-17-16-49-26-6-4-3-5-7-26/h1,3-15,18-21,42H,16-17,22H2,(H,41,43)(H,44,45)(H,46,47). The first kappa shape index (κ1) is 36.1. The van der Waals surface area contributed by atoms with Gasteiger partial charge >= 0.3 is 11.9 Å². The number of amides is 1. The predicted molar refractivity (Wildman–Crippen MR) is 192 cm³/mol. The topological polar surface area (TPSA) is 153 Å². The van der Waals surface area contributed by atoms with E-state index in [0.29, 0.717) is 38.9 Å². The normalized spacial score (nSPS) is 10.5. The van der Waals surface area contributed by atoms with Gasteiger partial charge in [0.25, 0.3) is 5.91 Å². The van der Waals surface area contributed by atoms with Gasteiger partial charge in [-0.15, -0.1) is 0 Å². The van der Waals surface area contributed by atoms with Crippen molar-refractivity contribution in [3.8, 4) is 40.9 Å². The number of anilines is 2. The summed E-state index contributed by atoms with van der Waals surface area (Å²) in [6.07, 6.45) is 7.05. The Labute approximate surface area is 302 Å². The molecule has 0 spiro atoms. The Kier molecular flexibility index (Phi) is 12.0. The van der Waals surface area contributed by atoms with Crippen LogP contribution in [0.4, 0.5) is 11.4 Å². The molecular weight excluding hydrogens is 699 g/mol. The maximum Gasteiger partial charge on any atom is 0.336 e. The van der Waals surface area contributed by atoms with Crippen LogP contribution in [0.2, 0.25) is 10.0 Å². The number of terminal acetylenes is 1. The van der Waals surface area contributed by atoms with Gasteiger partial charge in [0.1, 0.15) is 43.2 Å².